The van der Waals surface area contributed by atoms with Crippen LogP contribution in [-0.2, 0) is 0 Å². The first-order chi connectivity index (χ1) is 10.5. The van der Waals surface area contributed by atoms with Crippen LogP contribution in [0.1, 0.15) is 22.5 Å². The first kappa shape index (κ1) is 19.0. The molecule has 1 heterocycles. The molecule has 0 radical (unpaired) electrons. The normalized spacial score (nSPS) is 10.8. The Balaban J connectivity index is 0.000000463. The van der Waals surface area contributed by atoms with Crippen LogP contribution in [0.5, 0.6) is 0 Å². The molecule has 0 saturated heterocycles. The van der Waals surface area contributed by atoms with E-state index in [0.29, 0.717) is 0 Å². The van der Waals surface area contributed by atoms with Crippen molar-refractivity contribution >= 4 is 12.9 Å². The lowest BCUT2D eigenvalue weighted by Crippen LogP contribution is -2.56. The lowest BCUT2D eigenvalue weighted by molar-refractivity contribution is -0.693. The summed E-state index contributed by atoms with van der Waals surface area (Å²) in [6.45, 7) is 8.53. The van der Waals surface area contributed by atoms with E-state index in [1.165, 1.54) is 28.2 Å². The third-order valence-electron chi connectivity index (χ3n) is 3.25. The molecule has 1 aromatic heterocycles. The third kappa shape index (κ3) is 6.30. The molecule has 0 unspecified atom stereocenters. The number of aryl methyl sites for hydroxylation is 4. The zero-order valence-corrected chi connectivity index (χ0v) is 13.9. The minimum Gasteiger partial charge on any atom is -0.418 e. The minimum absolute atomic E-state index is 1.20. The Morgan fingerprint density at radius 2 is 1.17 bits per heavy atom. The molecule has 0 N–H and O–H groups in total. The molecule has 0 aliphatic carbocycles. The Labute approximate surface area is 134 Å². The highest BCUT2D eigenvalue weighted by atomic mass is 19.5. The third-order valence-corrected chi connectivity index (χ3v) is 3.25. The maximum absolute atomic E-state index is 9.75. The van der Waals surface area contributed by atoms with Crippen molar-refractivity contribution in [3.8, 4) is 0 Å². The van der Waals surface area contributed by atoms with E-state index >= 15 is 0 Å². The van der Waals surface area contributed by atoms with Gasteiger partial charge in [0.2, 0.25) is 11.4 Å². The predicted molar refractivity (Wildman–Crippen MR) is 86.0 cm³/mol. The first-order valence-corrected chi connectivity index (χ1v) is 7.17. The van der Waals surface area contributed by atoms with Crippen LogP contribution in [0.2, 0.25) is 0 Å². The van der Waals surface area contributed by atoms with Crippen molar-refractivity contribution in [2.75, 3.05) is 12.1 Å². The highest BCUT2D eigenvalue weighted by Gasteiger charge is 2.20. The molecule has 0 spiro atoms. The Morgan fingerprint density at radius 3 is 1.57 bits per heavy atom. The molecule has 0 fully saturated rings. The van der Waals surface area contributed by atoms with Crippen molar-refractivity contribution in [2.45, 2.75) is 27.7 Å². The average molecular weight is 328 g/mol. The molecule has 126 valence electrons. The maximum Gasteiger partial charge on any atom is 0.673 e. The molecule has 0 aliphatic heterocycles. The summed E-state index contributed by atoms with van der Waals surface area (Å²) in [7, 11) is -3.90. The van der Waals surface area contributed by atoms with Gasteiger partial charge in [-0.1, -0.05) is 22.4 Å². The lowest BCUT2D eigenvalue weighted by atomic mass is 10.2. The van der Waals surface area contributed by atoms with Crippen LogP contribution in [0.4, 0.5) is 23.0 Å². The second-order valence-corrected chi connectivity index (χ2v) is 5.48. The molecular formula is C16H21BF4N2. The zero-order valence-electron chi connectivity index (χ0n) is 13.9. The van der Waals surface area contributed by atoms with E-state index < -0.39 is 7.25 Å². The van der Waals surface area contributed by atoms with E-state index in [1.807, 2.05) is 0 Å². The smallest absolute Gasteiger partial charge is 0.418 e. The molecule has 2 rings (SSSR count). The first-order valence-electron chi connectivity index (χ1n) is 7.17. The van der Waals surface area contributed by atoms with E-state index in [-0.39, 0.29) is 0 Å². The molecular weight excluding hydrogens is 307 g/mol. The monoisotopic (exact) mass is 328 g/mol. The van der Waals surface area contributed by atoms with Crippen LogP contribution < -0.4 is 9.69 Å². The molecule has 1 aromatic carbocycles. The van der Waals surface area contributed by atoms with Gasteiger partial charge in [-0.15, -0.1) is 0 Å². The topological polar surface area (TPSA) is 7.12 Å². The number of aromatic nitrogens is 1. The number of hydrogen-bond donors (Lipinski definition) is 0. The summed E-state index contributed by atoms with van der Waals surface area (Å²) in [5.74, 6) is 0. The standard InChI is InChI=1S/C16H21N2.BF4/c1-12-6-8-16(9-7-12)17(5)18-14(3)10-13(2)11-15(18)4;2-1(3,4)5/h6-11H,1-5H3;/q+1;-1. The van der Waals surface area contributed by atoms with Gasteiger partial charge >= 0.3 is 7.25 Å². The van der Waals surface area contributed by atoms with Gasteiger partial charge in [-0.2, -0.15) is 5.01 Å². The van der Waals surface area contributed by atoms with Crippen LogP contribution in [0.3, 0.4) is 0 Å². The summed E-state index contributed by atoms with van der Waals surface area (Å²) < 4.78 is 41.2. The van der Waals surface area contributed by atoms with Crippen molar-refractivity contribution in [1.29, 1.82) is 0 Å². The predicted octanol–water partition coefficient (Wildman–Crippen LogP) is 4.41. The van der Waals surface area contributed by atoms with Gasteiger partial charge in [-0.05, 0) is 31.5 Å². The number of benzene rings is 1. The van der Waals surface area contributed by atoms with E-state index in [4.69, 9.17) is 0 Å². The molecule has 0 atom stereocenters. The molecule has 2 aromatic rings. The summed E-state index contributed by atoms with van der Waals surface area (Å²) in [5.41, 5.74) is 6.28. The molecule has 23 heavy (non-hydrogen) atoms. The van der Waals surface area contributed by atoms with Gasteiger partial charge in [-0.25, -0.2) is 0 Å². The number of nitrogens with zero attached hydrogens (tertiary/aromatic N) is 2. The summed E-state index contributed by atoms with van der Waals surface area (Å²) >= 11 is 0. The summed E-state index contributed by atoms with van der Waals surface area (Å²) in [5, 5.41) is 2.18. The van der Waals surface area contributed by atoms with Gasteiger partial charge in [0, 0.05) is 26.0 Å². The van der Waals surface area contributed by atoms with Crippen LogP contribution in [0.25, 0.3) is 0 Å². The molecule has 0 aliphatic rings. The SMILES string of the molecule is Cc1ccc(N(C)[n+]2c(C)cc(C)cc2C)cc1.F[B-](F)(F)F. The number of halogens is 4. The van der Waals surface area contributed by atoms with Gasteiger partial charge < -0.3 is 17.3 Å². The van der Waals surface area contributed by atoms with Crippen molar-refractivity contribution in [1.82, 2.24) is 0 Å². The summed E-state index contributed by atoms with van der Waals surface area (Å²) in [4.78, 5) is 0. The van der Waals surface area contributed by atoms with Crippen LogP contribution in [-0.4, -0.2) is 14.3 Å². The molecule has 0 bridgehead atoms. The fourth-order valence-corrected chi connectivity index (χ4v) is 2.45. The Hall–Kier alpha value is -2.05. The highest BCUT2D eigenvalue weighted by Crippen LogP contribution is 2.13. The van der Waals surface area contributed by atoms with E-state index in [1.54, 1.807) is 0 Å². The van der Waals surface area contributed by atoms with Gasteiger partial charge in [0.05, 0.1) is 12.7 Å². The molecule has 7 heteroatoms. The highest BCUT2D eigenvalue weighted by molar-refractivity contribution is 6.50. The number of pyridine rings is 1. The van der Waals surface area contributed by atoms with E-state index in [2.05, 4.69) is 80.8 Å². The zero-order chi connectivity index (χ0) is 17.8. The van der Waals surface area contributed by atoms with Gasteiger partial charge in [0.1, 0.15) is 0 Å². The van der Waals surface area contributed by atoms with E-state index in [0.717, 1.165) is 0 Å². The van der Waals surface area contributed by atoms with Crippen molar-refractivity contribution in [2.24, 2.45) is 0 Å². The van der Waals surface area contributed by atoms with Crippen LogP contribution >= 0.6 is 0 Å². The second-order valence-electron chi connectivity index (χ2n) is 5.48. The summed E-state index contributed by atoms with van der Waals surface area (Å²) in [6.07, 6.45) is 0. The Bertz CT molecular complexity index is 625. The van der Waals surface area contributed by atoms with Crippen LogP contribution in [0, 0.1) is 27.7 Å². The number of hydrogen-bond acceptors (Lipinski definition) is 1. The average Bonchev–Trinajstić information content (AvgIpc) is 2.36. The van der Waals surface area contributed by atoms with Crippen LogP contribution in [0.15, 0.2) is 36.4 Å². The fourth-order valence-electron chi connectivity index (χ4n) is 2.45. The quantitative estimate of drug-likeness (QED) is 0.450. The Kier molecular flexibility index (Phi) is 6.18. The molecule has 0 saturated carbocycles. The summed E-state index contributed by atoms with van der Waals surface area (Å²) in [6, 6.07) is 13.0. The number of anilines is 1. The second kappa shape index (κ2) is 7.48. The molecule has 0 amide bonds. The van der Waals surface area contributed by atoms with Gasteiger partial charge in [0.25, 0.3) is 0 Å². The van der Waals surface area contributed by atoms with Crippen molar-refractivity contribution in [3.05, 3.63) is 58.9 Å². The van der Waals surface area contributed by atoms with E-state index in [9.17, 15) is 17.3 Å². The largest absolute Gasteiger partial charge is 0.673 e. The minimum atomic E-state index is -6.00. The fraction of sp³-hybridized carbons (Fsp3) is 0.312. The number of rotatable bonds is 2. The Morgan fingerprint density at radius 1 is 0.783 bits per heavy atom. The molecule has 2 nitrogen and oxygen atoms in total. The van der Waals surface area contributed by atoms with Crippen molar-refractivity contribution < 1.29 is 21.9 Å². The van der Waals surface area contributed by atoms with Crippen molar-refractivity contribution in [3.63, 3.8) is 0 Å². The maximum atomic E-state index is 9.75. The lowest BCUT2D eigenvalue weighted by Gasteiger charge is -2.16. The van der Waals surface area contributed by atoms with Gasteiger partial charge in [0.15, 0.2) is 0 Å². The van der Waals surface area contributed by atoms with Gasteiger partial charge in [-0.3, -0.25) is 0 Å².